The number of aromatic nitrogens is 3. The third-order valence-corrected chi connectivity index (χ3v) is 6.30. The molecule has 1 atom stereocenters. The number of hydrogen-bond donors (Lipinski definition) is 1. The summed E-state index contributed by atoms with van der Waals surface area (Å²) in [7, 11) is 2.19. The van der Waals surface area contributed by atoms with Gasteiger partial charge < -0.3 is 10.2 Å². The Morgan fingerprint density at radius 1 is 1.14 bits per heavy atom. The van der Waals surface area contributed by atoms with E-state index in [4.69, 9.17) is 0 Å². The summed E-state index contributed by atoms with van der Waals surface area (Å²) in [6.45, 7) is 9.93. The molecule has 0 spiro atoms. The van der Waals surface area contributed by atoms with E-state index in [1.165, 1.54) is 12.1 Å². The topological polar surface area (TPSA) is 48.7 Å². The summed E-state index contributed by atoms with van der Waals surface area (Å²) >= 11 is 1.55. The van der Waals surface area contributed by atoms with Crippen LogP contribution in [0.25, 0.3) is 16.2 Å². The SMILES string of the molecule is CC(C)C(CNc1nn2cc(-c3ccc(F)cc3)nc2s1)N1CCN(C)CC1. The molecule has 3 aromatic rings. The Bertz CT molecular complexity index is 879. The van der Waals surface area contributed by atoms with Gasteiger partial charge in [-0.2, -0.15) is 0 Å². The van der Waals surface area contributed by atoms with Crippen LogP contribution in [0.5, 0.6) is 0 Å². The summed E-state index contributed by atoms with van der Waals surface area (Å²) in [6.07, 6.45) is 1.89. The molecule has 0 aliphatic carbocycles. The zero-order valence-electron chi connectivity index (χ0n) is 16.6. The first-order valence-electron chi connectivity index (χ1n) is 9.78. The fourth-order valence-corrected chi connectivity index (χ4v) is 4.45. The number of nitrogens with one attached hydrogen (secondary N) is 1. The van der Waals surface area contributed by atoms with Crippen molar-refractivity contribution in [2.24, 2.45) is 5.92 Å². The summed E-state index contributed by atoms with van der Waals surface area (Å²) in [5.74, 6) is 0.333. The van der Waals surface area contributed by atoms with Crippen LogP contribution in [0.4, 0.5) is 9.52 Å². The van der Waals surface area contributed by atoms with Gasteiger partial charge in [0.05, 0.1) is 11.9 Å². The molecule has 1 saturated heterocycles. The first kappa shape index (κ1) is 19.3. The number of imidazole rings is 1. The second-order valence-corrected chi connectivity index (χ2v) is 8.75. The zero-order chi connectivity index (χ0) is 19.7. The Hall–Kier alpha value is -2.03. The van der Waals surface area contributed by atoms with E-state index in [1.54, 1.807) is 28.0 Å². The summed E-state index contributed by atoms with van der Waals surface area (Å²) in [4.78, 5) is 10.4. The maximum absolute atomic E-state index is 13.1. The molecule has 2 aromatic heterocycles. The number of piperazine rings is 1. The van der Waals surface area contributed by atoms with Crippen LogP contribution in [0.3, 0.4) is 0 Å². The Balaban J connectivity index is 1.43. The molecule has 4 rings (SSSR count). The van der Waals surface area contributed by atoms with Gasteiger partial charge in [-0.25, -0.2) is 13.9 Å². The van der Waals surface area contributed by atoms with Gasteiger partial charge in [0.25, 0.3) is 0 Å². The minimum atomic E-state index is -0.241. The van der Waals surface area contributed by atoms with E-state index in [0.29, 0.717) is 12.0 Å². The molecule has 1 N–H and O–H groups in total. The molecule has 0 bridgehead atoms. The van der Waals surface area contributed by atoms with Gasteiger partial charge >= 0.3 is 0 Å². The average Bonchev–Trinajstić information content (AvgIpc) is 3.22. The third-order valence-electron chi connectivity index (χ3n) is 5.42. The quantitative estimate of drug-likeness (QED) is 0.686. The van der Waals surface area contributed by atoms with Gasteiger partial charge in [0, 0.05) is 44.3 Å². The number of halogens is 1. The van der Waals surface area contributed by atoms with Gasteiger partial charge in [0.15, 0.2) is 0 Å². The molecular weight excluding hydrogens is 375 g/mol. The predicted molar refractivity (Wildman–Crippen MR) is 112 cm³/mol. The van der Waals surface area contributed by atoms with Crippen molar-refractivity contribution in [2.75, 3.05) is 45.1 Å². The molecule has 28 heavy (non-hydrogen) atoms. The molecule has 1 aromatic carbocycles. The largest absolute Gasteiger partial charge is 0.358 e. The van der Waals surface area contributed by atoms with Crippen molar-refractivity contribution < 1.29 is 4.39 Å². The van der Waals surface area contributed by atoms with Gasteiger partial charge in [0.1, 0.15) is 5.82 Å². The second kappa shape index (κ2) is 8.14. The number of hydrogen-bond acceptors (Lipinski definition) is 6. The number of benzene rings is 1. The third kappa shape index (κ3) is 4.19. The van der Waals surface area contributed by atoms with Crippen LogP contribution in [0.1, 0.15) is 13.8 Å². The van der Waals surface area contributed by atoms with Gasteiger partial charge in [-0.15, -0.1) is 5.10 Å². The fraction of sp³-hybridized carbons (Fsp3) is 0.500. The molecule has 150 valence electrons. The van der Waals surface area contributed by atoms with Crippen LogP contribution in [0.2, 0.25) is 0 Å². The minimum absolute atomic E-state index is 0.241. The van der Waals surface area contributed by atoms with Crippen LogP contribution in [0.15, 0.2) is 30.5 Å². The highest BCUT2D eigenvalue weighted by Crippen LogP contribution is 2.25. The molecule has 1 aliphatic heterocycles. The van der Waals surface area contributed by atoms with E-state index in [-0.39, 0.29) is 5.82 Å². The van der Waals surface area contributed by atoms with E-state index in [9.17, 15) is 4.39 Å². The maximum atomic E-state index is 13.1. The monoisotopic (exact) mass is 402 g/mol. The molecule has 6 nitrogen and oxygen atoms in total. The summed E-state index contributed by atoms with van der Waals surface area (Å²) in [5, 5.41) is 9.03. The number of nitrogens with zero attached hydrogens (tertiary/aromatic N) is 5. The Kier molecular flexibility index (Phi) is 5.61. The van der Waals surface area contributed by atoms with Gasteiger partial charge in [-0.05, 0) is 37.2 Å². The van der Waals surface area contributed by atoms with Crippen molar-refractivity contribution in [1.82, 2.24) is 24.4 Å². The number of anilines is 1. The smallest absolute Gasteiger partial charge is 0.214 e. The molecule has 1 unspecified atom stereocenters. The molecule has 0 saturated carbocycles. The van der Waals surface area contributed by atoms with E-state index in [1.807, 2.05) is 6.20 Å². The first-order valence-corrected chi connectivity index (χ1v) is 10.6. The van der Waals surface area contributed by atoms with Crippen LogP contribution in [0, 0.1) is 11.7 Å². The van der Waals surface area contributed by atoms with Crippen molar-refractivity contribution >= 4 is 21.4 Å². The lowest BCUT2D eigenvalue weighted by molar-refractivity contribution is 0.0944. The van der Waals surface area contributed by atoms with Gasteiger partial charge in [-0.3, -0.25) is 4.90 Å². The predicted octanol–water partition coefficient (Wildman–Crippen LogP) is 3.28. The van der Waals surface area contributed by atoms with Gasteiger partial charge in [-0.1, -0.05) is 25.2 Å². The van der Waals surface area contributed by atoms with Crippen molar-refractivity contribution in [3.8, 4) is 11.3 Å². The Morgan fingerprint density at radius 3 is 2.50 bits per heavy atom. The Morgan fingerprint density at radius 2 is 1.86 bits per heavy atom. The first-order chi connectivity index (χ1) is 13.5. The highest BCUT2D eigenvalue weighted by atomic mass is 32.1. The molecule has 1 fully saturated rings. The molecule has 1 aliphatic rings. The van der Waals surface area contributed by atoms with Gasteiger partial charge in [0.2, 0.25) is 10.1 Å². The van der Waals surface area contributed by atoms with Crippen LogP contribution in [-0.2, 0) is 0 Å². The number of rotatable bonds is 6. The van der Waals surface area contributed by atoms with Crippen LogP contribution < -0.4 is 5.32 Å². The van der Waals surface area contributed by atoms with E-state index in [0.717, 1.165) is 54.1 Å². The average molecular weight is 403 g/mol. The zero-order valence-corrected chi connectivity index (χ0v) is 17.4. The fourth-order valence-electron chi connectivity index (χ4n) is 3.66. The lowest BCUT2D eigenvalue weighted by atomic mass is 10.0. The summed E-state index contributed by atoms with van der Waals surface area (Å²) in [6, 6.07) is 6.87. The molecule has 0 radical (unpaired) electrons. The molecule has 3 heterocycles. The lowest BCUT2D eigenvalue weighted by Crippen LogP contribution is -2.52. The normalized spacial score (nSPS) is 17.5. The van der Waals surface area contributed by atoms with Crippen molar-refractivity contribution in [3.63, 3.8) is 0 Å². The van der Waals surface area contributed by atoms with Crippen LogP contribution in [-0.4, -0.2) is 70.2 Å². The van der Waals surface area contributed by atoms with Crippen molar-refractivity contribution in [3.05, 3.63) is 36.3 Å². The van der Waals surface area contributed by atoms with E-state index >= 15 is 0 Å². The van der Waals surface area contributed by atoms with E-state index in [2.05, 4.69) is 46.1 Å². The van der Waals surface area contributed by atoms with Crippen LogP contribution >= 0.6 is 11.3 Å². The number of likely N-dealkylation sites (N-methyl/N-ethyl adjacent to an activating group) is 1. The Labute approximate surface area is 169 Å². The van der Waals surface area contributed by atoms with E-state index < -0.39 is 0 Å². The summed E-state index contributed by atoms with van der Waals surface area (Å²) in [5.41, 5.74) is 1.70. The molecule has 8 heteroatoms. The standard InChI is InChI=1S/C20H27FN6S/c1-14(2)18(26-10-8-25(3)9-11-26)12-22-19-24-27-13-17(23-20(27)28-19)15-4-6-16(21)7-5-15/h4-7,13-14,18H,8-12H2,1-3H3,(H,22,24). The highest BCUT2D eigenvalue weighted by Gasteiger charge is 2.25. The molecule has 0 amide bonds. The second-order valence-electron chi connectivity index (χ2n) is 7.80. The van der Waals surface area contributed by atoms with Crippen molar-refractivity contribution in [1.29, 1.82) is 0 Å². The number of fused-ring (bicyclic) bond motifs is 1. The molecular formula is C20H27FN6S. The maximum Gasteiger partial charge on any atom is 0.214 e. The lowest BCUT2D eigenvalue weighted by Gasteiger charge is -2.39. The minimum Gasteiger partial charge on any atom is -0.358 e. The van der Waals surface area contributed by atoms with Crippen molar-refractivity contribution in [2.45, 2.75) is 19.9 Å². The highest BCUT2D eigenvalue weighted by molar-refractivity contribution is 7.20. The summed E-state index contributed by atoms with van der Waals surface area (Å²) < 4.78 is 14.9.